The Bertz CT molecular complexity index is 1110. The first-order valence-corrected chi connectivity index (χ1v) is 8.31. The Morgan fingerprint density at radius 2 is 1.85 bits per heavy atom. The molecule has 0 amide bonds. The van der Waals surface area contributed by atoms with Crippen molar-refractivity contribution in [2.45, 2.75) is 31.7 Å². The van der Waals surface area contributed by atoms with Crippen molar-refractivity contribution in [2.75, 3.05) is 0 Å². The highest BCUT2D eigenvalue weighted by molar-refractivity contribution is 5.77. The standard InChI is InChI=1S/C17H15F3N4O3/c18-17(19,20)10-5-3-9(4-6-10)13(8-1-2-8)24-14-12(11(7-25)23-24)15(26)22-16(27)21-14/h3-6,8,13,25H,1-2,7H2,(H2,21,22,26,27)/t13-/m0/s1. The summed E-state index contributed by atoms with van der Waals surface area (Å²) < 4.78 is 39.9. The summed E-state index contributed by atoms with van der Waals surface area (Å²) >= 11 is 0. The van der Waals surface area contributed by atoms with Gasteiger partial charge in [0, 0.05) is 0 Å². The highest BCUT2D eigenvalue weighted by Gasteiger charge is 2.37. The lowest BCUT2D eigenvalue weighted by atomic mass is 10.0. The van der Waals surface area contributed by atoms with Crippen LogP contribution in [-0.4, -0.2) is 24.9 Å². The van der Waals surface area contributed by atoms with Gasteiger partial charge in [0.1, 0.15) is 16.7 Å². The summed E-state index contributed by atoms with van der Waals surface area (Å²) in [6.45, 7) is -0.511. The van der Waals surface area contributed by atoms with E-state index in [2.05, 4.69) is 15.1 Å². The first-order chi connectivity index (χ1) is 12.8. The molecule has 2 aromatic heterocycles. The summed E-state index contributed by atoms with van der Waals surface area (Å²) in [7, 11) is 0. The first kappa shape index (κ1) is 17.5. The molecule has 0 saturated heterocycles. The van der Waals surface area contributed by atoms with E-state index < -0.39 is 35.6 Å². The predicted octanol–water partition coefficient (Wildman–Crippen LogP) is 1.92. The fourth-order valence-corrected chi connectivity index (χ4v) is 3.35. The second-order valence-corrected chi connectivity index (χ2v) is 6.58. The number of halogens is 3. The van der Waals surface area contributed by atoms with E-state index in [4.69, 9.17) is 0 Å². The molecule has 142 valence electrons. The maximum Gasteiger partial charge on any atom is 0.416 e. The number of aromatic nitrogens is 4. The van der Waals surface area contributed by atoms with Gasteiger partial charge in [-0.1, -0.05) is 12.1 Å². The van der Waals surface area contributed by atoms with Crippen molar-refractivity contribution in [1.29, 1.82) is 0 Å². The number of alkyl halides is 3. The normalized spacial score (nSPS) is 16.0. The number of rotatable bonds is 4. The number of H-pyrrole nitrogens is 2. The molecule has 0 unspecified atom stereocenters. The molecule has 7 nitrogen and oxygen atoms in total. The predicted molar refractivity (Wildman–Crippen MR) is 89.2 cm³/mol. The van der Waals surface area contributed by atoms with Gasteiger partial charge in [-0.2, -0.15) is 18.3 Å². The van der Waals surface area contributed by atoms with Crippen LogP contribution in [0.25, 0.3) is 11.0 Å². The average Bonchev–Trinajstić information content (AvgIpc) is 3.36. The number of nitrogens with zero attached hydrogens (tertiary/aromatic N) is 2. The fourth-order valence-electron chi connectivity index (χ4n) is 3.35. The molecule has 0 aliphatic heterocycles. The summed E-state index contributed by atoms with van der Waals surface area (Å²) in [6, 6.07) is 4.30. The molecule has 4 rings (SSSR count). The third kappa shape index (κ3) is 3.05. The zero-order valence-corrected chi connectivity index (χ0v) is 13.9. The maximum absolute atomic E-state index is 12.8. The molecular weight excluding hydrogens is 365 g/mol. The highest BCUT2D eigenvalue weighted by atomic mass is 19.4. The summed E-state index contributed by atoms with van der Waals surface area (Å²) in [4.78, 5) is 28.5. The van der Waals surface area contributed by atoms with Crippen molar-refractivity contribution in [3.8, 4) is 0 Å². The van der Waals surface area contributed by atoms with Crippen LogP contribution in [0.5, 0.6) is 0 Å². The molecule has 3 aromatic rings. The number of nitrogens with one attached hydrogen (secondary N) is 2. The van der Waals surface area contributed by atoms with Gasteiger partial charge in [-0.05, 0) is 36.5 Å². The lowest BCUT2D eigenvalue weighted by Gasteiger charge is -2.19. The van der Waals surface area contributed by atoms with E-state index in [1.54, 1.807) is 0 Å². The largest absolute Gasteiger partial charge is 0.416 e. The zero-order chi connectivity index (χ0) is 19.3. The smallest absolute Gasteiger partial charge is 0.390 e. The molecule has 2 heterocycles. The Hall–Kier alpha value is -2.88. The van der Waals surface area contributed by atoms with E-state index in [0.717, 1.165) is 25.0 Å². The number of hydrogen-bond donors (Lipinski definition) is 3. The Balaban J connectivity index is 1.89. The van der Waals surface area contributed by atoms with Crippen LogP contribution in [0.4, 0.5) is 13.2 Å². The van der Waals surface area contributed by atoms with Gasteiger partial charge >= 0.3 is 11.9 Å². The maximum atomic E-state index is 12.8. The fraction of sp³-hybridized carbons (Fsp3) is 0.353. The molecule has 1 aliphatic carbocycles. The third-order valence-corrected chi connectivity index (χ3v) is 4.73. The summed E-state index contributed by atoms with van der Waals surface area (Å²) in [5, 5.41) is 13.9. The number of aromatic amines is 2. The van der Waals surface area contributed by atoms with Crippen LogP contribution in [0, 0.1) is 5.92 Å². The van der Waals surface area contributed by atoms with Gasteiger partial charge < -0.3 is 5.11 Å². The minimum absolute atomic E-state index is 0.0645. The Morgan fingerprint density at radius 1 is 1.19 bits per heavy atom. The minimum Gasteiger partial charge on any atom is -0.390 e. The SMILES string of the molecule is O=c1[nH]c(=O)c2c(CO)nn([C@H](c3ccc(C(F)(F)F)cc3)C3CC3)c2[nH]1. The van der Waals surface area contributed by atoms with E-state index in [9.17, 15) is 27.9 Å². The number of aliphatic hydroxyl groups excluding tert-OH is 1. The lowest BCUT2D eigenvalue weighted by molar-refractivity contribution is -0.137. The molecule has 1 aliphatic rings. The zero-order valence-electron chi connectivity index (χ0n) is 13.9. The number of benzene rings is 1. The van der Waals surface area contributed by atoms with Gasteiger partial charge in [-0.3, -0.25) is 14.8 Å². The van der Waals surface area contributed by atoms with Crippen LogP contribution in [-0.2, 0) is 12.8 Å². The van der Waals surface area contributed by atoms with Crippen molar-refractivity contribution < 1.29 is 18.3 Å². The van der Waals surface area contributed by atoms with Crippen LogP contribution < -0.4 is 11.2 Å². The molecule has 1 atom stereocenters. The molecule has 0 spiro atoms. The molecule has 1 fully saturated rings. The second-order valence-electron chi connectivity index (χ2n) is 6.58. The van der Waals surface area contributed by atoms with Gasteiger partial charge in [-0.25, -0.2) is 9.48 Å². The summed E-state index contributed by atoms with van der Waals surface area (Å²) in [5.41, 5.74) is -1.33. The number of fused-ring (bicyclic) bond motifs is 1. The van der Waals surface area contributed by atoms with Crippen LogP contribution in [0.3, 0.4) is 0 Å². The molecule has 0 radical (unpaired) electrons. The van der Waals surface area contributed by atoms with E-state index in [1.165, 1.54) is 16.8 Å². The van der Waals surface area contributed by atoms with E-state index in [-0.39, 0.29) is 22.6 Å². The second kappa shape index (κ2) is 6.08. The average molecular weight is 380 g/mol. The van der Waals surface area contributed by atoms with Crippen LogP contribution in [0.2, 0.25) is 0 Å². The molecule has 10 heteroatoms. The lowest BCUT2D eigenvalue weighted by Crippen LogP contribution is -2.24. The van der Waals surface area contributed by atoms with Crippen molar-refractivity contribution in [2.24, 2.45) is 5.92 Å². The molecule has 27 heavy (non-hydrogen) atoms. The minimum atomic E-state index is -4.44. The number of hydrogen-bond acceptors (Lipinski definition) is 4. The van der Waals surface area contributed by atoms with Crippen molar-refractivity contribution in [3.05, 3.63) is 61.9 Å². The monoisotopic (exact) mass is 380 g/mol. The van der Waals surface area contributed by atoms with Crippen molar-refractivity contribution in [3.63, 3.8) is 0 Å². The Morgan fingerprint density at radius 3 is 2.41 bits per heavy atom. The topological polar surface area (TPSA) is 104 Å². The van der Waals surface area contributed by atoms with Crippen molar-refractivity contribution in [1.82, 2.24) is 19.7 Å². The number of aliphatic hydroxyl groups is 1. The molecule has 0 bridgehead atoms. The summed E-state index contributed by atoms with van der Waals surface area (Å²) in [6.07, 6.45) is -2.75. The van der Waals surface area contributed by atoms with Crippen molar-refractivity contribution >= 4 is 11.0 Å². The molecular formula is C17H15F3N4O3. The molecule has 1 saturated carbocycles. The highest BCUT2D eigenvalue weighted by Crippen LogP contribution is 2.44. The van der Waals surface area contributed by atoms with Crippen LogP contribution >= 0.6 is 0 Å². The van der Waals surface area contributed by atoms with Crippen LogP contribution in [0.15, 0.2) is 33.9 Å². The van der Waals surface area contributed by atoms with Gasteiger partial charge in [0.2, 0.25) is 0 Å². The van der Waals surface area contributed by atoms with E-state index in [1.807, 2.05) is 0 Å². The van der Waals surface area contributed by atoms with Gasteiger partial charge in [0.05, 0.1) is 18.2 Å². The summed E-state index contributed by atoms with van der Waals surface area (Å²) in [5.74, 6) is 0.110. The van der Waals surface area contributed by atoms with Gasteiger partial charge in [0.25, 0.3) is 5.56 Å². The first-order valence-electron chi connectivity index (χ1n) is 8.31. The molecule has 3 N–H and O–H groups in total. The third-order valence-electron chi connectivity index (χ3n) is 4.73. The van der Waals surface area contributed by atoms with Crippen LogP contribution in [0.1, 0.15) is 35.7 Å². The Kier molecular flexibility index (Phi) is 3.95. The van der Waals surface area contributed by atoms with Gasteiger partial charge in [0.15, 0.2) is 0 Å². The van der Waals surface area contributed by atoms with E-state index >= 15 is 0 Å². The van der Waals surface area contributed by atoms with Gasteiger partial charge in [-0.15, -0.1) is 0 Å². The quantitative estimate of drug-likeness (QED) is 0.643. The Labute approximate surface area is 149 Å². The molecule has 1 aromatic carbocycles. The van der Waals surface area contributed by atoms with E-state index in [0.29, 0.717) is 5.56 Å².